The molecule has 1 aliphatic carbocycles. The average molecular weight is 171 g/mol. The highest BCUT2D eigenvalue weighted by molar-refractivity contribution is 4.89. The summed E-state index contributed by atoms with van der Waals surface area (Å²) in [5.74, 6) is 1.49. The lowest BCUT2D eigenvalue weighted by atomic mass is 9.94. The van der Waals surface area contributed by atoms with Gasteiger partial charge in [-0.05, 0) is 25.2 Å². The van der Waals surface area contributed by atoms with Crippen LogP contribution in [0.2, 0.25) is 0 Å². The summed E-state index contributed by atoms with van der Waals surface area (Å²) in [5, 5.41) is 0. The average Bonchev–Trinajstić information content (AvgIpc) is 2.19. The predicted molar refractivity (Wildman–Crippen MR) is 50.8 cm³/mol. The molecular formula is C11H20F. The van der Waals surface area contributed by atoms with E-state index in [1.807, 2.05) is 0 Å². The molecular weight excluding hydrogens is 151 g/mol. The molecule has 12 heavy (non-hydrogen) atoms. The van der Waals surface area contributed by atoms with Crippen molar-refractivity contribution < 1.29 is 4.39 Å². The van der Waals surface area contributed by atoms with Crippen LogP contribution in [-0.2, 0) is 0 Å². The van der Waals surface area contributed by atoms with E-state index in [1.54, 1.807) is 0 Å². The van der Waals surface area contributed by atoms with Crippen molar-refractivity contribution in [2.45, 2.75) is 57.8 Å². The zero-order chi connectivity index (χ0) is 8.65. The lowest BCUT2D eigenvalue weighted by molar-refractivity contribution is 0.454. The topological polar surface area (TPSA) is 0 Å². The highest BCUT2D eigenvalue weighted by atomic mass is 19.1. The SMILES string of the molecule is FCC[C]1CCCCCCCC1. The van der Waals surface area contributed by atoms with Crippen molar-refractivity contribution in [3.63, 3.8) is 0 Å². The summed E-state index contributed by atoms with van der Waals surface area (Å²) < 4.78 is 12.1. The molecule has 71 valence electrons. The van der Waals surface area contributed by atoms with Crippen molar-refractivity contribution in [3.8, 4) is 0 Å². The molecule has 1 rings (SSSR count). The summed E-state index contributed by atoms with van der Waals surface area (Å²) >= 11 is 0. The second-order valence-corrected chi connectivity index (χ2v) is 3.81. The number of rotatable bonds is 2. The lowest BCUT2D eigenvalue weighted by Crippen LogP contribution is -1.98. The molecule has 0 unspecified atom stereocenters. The molecule has 0 saturated heterocycles. The van der Waals surface area contributed by atoms with E-state index in [9.17, 15) is 4.39 Å². The van der Waals surface area contributed by atoms with Gasteiger partial charge in [0.05, 0.1) is 6.67 Å². The molecule has 0 nitrogen and oxygen atoms in total. The van der Waals surface area contributed by atoms with Gasteiger partial charge in [-0.25, -0.2) is 0 Å². The Morgan fingerprint density at radius 1 is 0.833 bits per heavy atom. The molecule has 1 radical (unpaired) electrons. The molecule has 1 saturated carbocycles. The molecule has 0 aromatic heterocycles. The Morgan fingerprint density at radius 3 is 1.83 bits per heavy atom. The summed E-state index contributed by atoms with van der Waals surface area (Å²) in [6, 6.07) is 0. The van der Waals surface area contributed by atoms with Gasteiger partial charge in [-0.2, -0.15) is 0 Å². The van der Waals surface area contributed by atoms with E-state index in [0.29, 0.717) is 0 Å². The Kier molecular flexibility index (Phi) is 5.38. The van der Waals surface area contributed by atoms with E-state index in [1.165, 1.54) is 57.3 Å². The van der Waals surface area contributed by atoms with Crippen LogP contribution in [0.25, 0.3) is 0 Å². The third-order valence-corrected chi connectivity index (χ3v) is 2.76. The van der Waals surface area contributed by atoms with Crippen molar-refractivity contribution in [2.24, 2.45) is 0 Å². The van der Waals surface area contributed by atoms with Crippen LogP contribution in [0.15, 0.2) is 0 Å². The molecule has 1 fully saturated rings. The maximum Gasteiger partial charge on any atom is 0.0900 e. The molecule has 0 atom stereocenters. The maximum absolute atomic E-state index is 12.1. The minimum absolute atomic E-state index is 0.144. The molecule has 0 N–H and O–H groups in total. The molecule has 1 heteroatoms. The monoisotopic (exact) mass is 171 g/mol. The fourth-order valence-corrected chi connectivity index (χ4v) is 1.97. The van der Waals surface area contributed by atoms with E-state index in [0.717, 1.165) is 6.42 Å². The number of alkyl halides is 1. The van der Waals surface area contributed by atoms with Gasteiger partial charge in [0, 0.05) is 0 Å². The van der Waals surface area contributed by atoms with E-state index in [-0.39, 0.29) is 6.67 Å². The van der Waals surface area contributed by atoms with Crippen molar-refractivity contribution in [3.05, 3.63) is 5.92 Å². The summed E-state index contributed by atoms with van der Waals surface area (Å²) in [6.07, 6.45) is 11.2. The van der Waals surface area contributed by atoms with Gasteiger partial charge in [-0.1, -0.05) is 38.5 Å². The van der Waals surface area contributed by atoms with Crippen molar-refractivity contribution in [2.75, 3.05) is 6.67 Å². The smallest absolute Gasteiger partial charge is 0.0900 e. The van der Waals surface area contributed by atoms with Gasteiger partial charge < -0.3 is 0 Å². The van der Waals surface area contributed by atoms with Gasteiger partial charge in [0.1, 0.15) is 0 Å². The Balaban J connectivity index is 2.19. The highest BCUT2D eigenvalue weighted by Gasteiger charge is 2.10. The first-order valence-corrected chi connectivity index (χ1v) is 5.33. The number of halogens is 1. The van der Waals surface area contributed by atoms with Crippen LogP contribution >= 0.6 is 0 Å². The first-order chi connectivity index (χ1) is 5.93. The standard InChI is InChI=1S/C11H20F/c12-10-9-11-7-5-3-1-2-4-6-8-11/h1-10H2. The van der Waals surface area contributed by atoms with Crippen molar-refractivity contribution in [1.29, 1.82) is 0 Å². The van der Waals surface area contributed by atoms with E-state index in [4.69, 9.17) is 0 Å². The fourth-order valence-electron chi connectivity index (χ4n) is 1.97. The Labute approximate surface area is 75.5 Å². The van der Waals surface area contributed by atoms with Crippen LogP contribution in [0.4, 0.5) is 4.39 Å². The largest absolute Gasteiger partial charge is 0.251 e. The third-order valence-electron chi connectivity index (χ3n) is 2.76. The van der Waals surface area contributed by atoms with Crippen LogP contribution in [-0.4, -0.2) is 6.67 Å². The summed E-state index contributed by atoms with van der Waals surface area (Å²) in [4.78, 5) is 0. The first-order valence-electron chi connectivity index (χ1n) is 5.33. The molecule has 0 bridgehead atoms. The highest BCUT2D eigenvalue weighted by Crippen LogP contribution is 2.25. The van der Waals surface area contributed by atoms with Crippen molar-refractivity contribution in [1.82, 2.24) is 0 Å². The van der Waals surface area contributed by atoms with E-state index < -0.39 is 0 Å². The lowest BCUT2D eigenvalue weighted by Gasteiger charge is -2.12. The Morgan fingerprint density at radius 2 is 1.33 bits per heavy atom. The van der Waals surface area contributed by atoms with E-state index >= 15 is 0 Å². The maximum atomic E-state index is 12.1. The van der Waals surface area contributed by atoms with Gasteiger partial charge in [0.2, 0.25) is 0 Å². The fraction of sp³-hybridized carbons (Fsp3) is 0.909. The van der Waals surface area contributed by atoms with Crippen LogP contribution < -0.4 is 0 Å². The minimum atomic E-state index is -0.144. The Hall–Kier alpha value is -0.0700. The van der Waals surface area contributed by atoms with Crippen molar-refractivity contribution >= 4 is 0 Å². The van der Waals surface area contributed by atoms with Crippen LogP contribution in [0, 0.1) is 5.92 Å². The molecule has 0 heterocycles. The molecule has 0 amide bonds. The third kappa shape index (κ3) is 4.08. The summed E-state index contributed by atoms with van der Waals surface area (Å²) in [6.45, 7) is -0.144. The van der Waals surface area contributed by atoms with Crippen LogP contribution in [0.3, 0.4) is 0 Å². The second kappa shape index (κ2) is 6.45. The molecule has 1 aliphatic rings. The normalized spacial score (nSPS) is 22.8. The second-order valence-electron chi connectivity index (χ2n) is 3.81. The minimum Gasteiger partial charge on any atom is -0.251 e. The summed E-state index contributed by atoms with van der Waals surface area (Å²) in [5.41, 5.74) is 0. The zero-order valence-corrected chi connectivity index (χ0v) is 7.95. The van der Waals surface area contributed by atoms with Gasteiger partial charge in [0.25, 0.3) is 0 Å². The number of hydrogen-bond donors (Lipinski definition) is 0. The quantitative estimate of drug-likeness (QED) is 0.588. The first kappa shape index (κ1) is 10.0. The molecule has 0 spiro atoms. The summed E-state index contributed by atoms with van der Waals surface area (Å²) in [7, 11) is 0. The van der Waals surface area contributed by atoms with Crippen LogP contribution in [0.5, 0.6) is 0 Å². The van der Waals surface area contributed by atoms with Crippen LogP contribution in [0.1, 0.15) is 57.8 Å². The number of hydrogen-bond acceptors (Lipinski definition) is 0. The molecule has 0 aromatic carbocycles. The van der Waals surface area contributed by atoms with Gasteiger partial charge in [-0.3, -0.25) is 4.39 Å². The van der Waals surface area contributed by atoms with E-state index in [2.05, 4.69) is 0 Å². The van der Waals surface area contributed by atoms with Gasteiger partial charge >= 0.3 is 0 Å². The van der Waals surface area contributed by atoms with Gasteiger partial charge in [0.15, 0.2) is 0 Å². The predicted octanol–water partition coefficient (Wildman–Crippen LogP) is 4.05. The Bertz CT molecular complexity index is 91.2. The van der Waals surface area contributed by atoms with Gasteiger partial charge in [-0.15, -0.1) is 0 Å². The zero-order valence-electron chi connectivity index (χ0n) is 7.95. The molecule has 0 aromatic rings. The molecule has 0 aliphatic heterocycles.